The standard InChI is InChI=1S/C15H21N3O3S.ClH/c1-11(19)18-7-2-3-12-4-5-14(9-15(12)18)22(20,21)17-8-6-13(16)10-17;/h4-5,9,13H,2-3,6-8,10,16H2,1H3;1H/t13-;/m1./s1. The van der Waals surface area contributed by atoms with Gasteiger partial charge in [0, 0.05) is 38.3 Å². The molecule has 0 radical (unpaired) electrons. The molecule has 0 aliphatic carbocycles. The van der Waals surface area contributed by atoms with Crippen molar-refractivity contribution in [1.82, 2.24) is 4.31 Å². The highest BCUT2D eigenvalue weighted by Crippen LogP contribution is 2.31. The molecule has 1 aromatic rings. The highest BCUT2D eigenvalue weighted by Gasteiger charge is 2.32. The number of hydrogen-bond donors (Lipinski definition) is 1. The van der Waals surface area contributed by atoms with Crippen molar-refractivity contribution in [2.45, 2.75) is 37.1 Å². The monoisotopic (exact) mass is 359 g/mol. The van der Waals surface area contributed by atoms with Gasteiger partial charge in [0.25, 0.3) is 0 Å². The molecular formula is C15H22ClN3O3S. The molecule has 0 spiro atoms. The van der Waals surface area contributed by atoms with Crippen LogP contribution in [0.25, 0.3) is 0 Å². The van der Waals surface area contributed by atoms with Gasteiger partial charge in [0.15, 0.2) is 0 Å². The van der Waals surface area contributed by atoms with Crippen LogP contribution in [0, 0.1) is 0 Å². The Morgan fingerprint density at radius 1 is 1.30 bits per heavy atom. The molecule has 1 aromatic carbocycles. The van der Waals surface area contributed by atoms with Crippen LogP contribution >= 0.6 is 12.4 Å². The fourth-order valence-electron chi connectivity index (χ4n) is 3.16. The minimum absolute atomic E-state index is 0. The van der Waals surface area contributed by atoms with Crippen LogP contribution < -0.4 is 10.6 Å². The van der Waals surface area contributed by atoms with Gasteiger partial charge in [-0.1, -0.05) is 6.07 Å². The normalized spacial score (nSPS) is 21.7. The first kappa shape index (κ1) is 18.2. The van der Waals surface area contributed by atoms with E-state index in [1.807, 2.05) is 6.07 Å². The van der Waals surface area contributed by atoms with Gasteiger partial charge < -0.3 is 10.6 Å². The van der Waals surface area contributed by atoms with Crippen LogP contribution in [0.3, 0.4) is 0 Å². The molecule has 8 heteroatoms. The fraction of sp³-hybridized carbons (Fsp3) is 0.533. The van der Waals surface area contributed by atoms with Gasteiger partial charge in [0.05, 0.1) is 4.90 Å². The van der Waals surface area contributed by atoms with Gasteiger partial charge in [0.1, 0.15) is 0 Å². The Bertz CT molecular complexity index is 708. The third-order valence-electron chi connectivity index (χ3n) is 4.38. The summed E-state index contributed by atoms with van der Waals surface area (Å²) in [6, 6.07) is 5.01. The predicted molar refractivity (Wildman–Crippen MR) is 91.4 cm³/mol. The topological polar surface area (TPSA) is 83.7 Å². The van der Waals surface area contributed by atoms with Gasteiger partial charge >= 0.3 is 0 Å². The third kappa shape index (κ3) is 3.38. The summed E-state index contributed by atoms with van der Waals surface area (Å²) in [5.74, 6) is -0.0568. The molecule has 6 nitrogen and oxygen atoms in total. The first-order chi connectivity index (χ1) is 10.4. The number of benzene rings is 1. The second-order valence-electron chi connectivity index (χ2n) is 5.98. The van der Waals surface area contributed by atoms with Crippen molar-refractivity contribution in [2.75, 3.05) is 24.5 Å². The number of carbonyl (C=O) groups is 1. The molecule has 2 heterocycles. The summed E-state index contributed by atoms with van der Waals surface area (Å²) in [6.07, 6.45) is 2.46. The van der Waals surface area contributed by atoms with Crippen molar-refractivity contribution in [3.63, 3.8) is 0 Å². The van der Waals surface area contributed by atoms with Crippen molar-refractivity contribution in [2.24, 2.45) is 5.73 Å². The quantitative estimate of drug-likeness (QED) is 0.857. The average molecular weight is 360 g/mol. The van der Waals surface area contributed by atoms with Gasteiger partial charge in [-0.25, -0.2) is 8.42 Å². The van der Waals surface area contributed by atoms with Crippen molar-refractivity contribution >= 4 is 34.0 Å². The first-order valence-corrected chi connectivity index (χ1v) is 9.00. The Morgan fingerprint density at radius 3 is 2.65 bits per heavy atom. The van der Waals surface area contributed by atoms with Crippen LogP contribution in [0.1, 0.15) is 25.3 Å². The fourth-order valence-corrected chi connectivity index (χ4v) is 4.70. The number of amides is 1. The molecule has 23 heavy (non-hydrogen) atoms. The largest absolute Gasteiger partial charge is 0.326 e. The summed E-state index contributed by atoms with van der Waals surface area (Å²) in [4.78, 5) is 13.7. The van der Waals surface area contributed by atoms with Crippen molar-refractivity contribution in [1.29, 1.82) is 0 Å². The Balaban J connectivity index is 0.00000192. The lowest BCUT2D eigenvalue weighted by Crippen LogP contribution is -2.35. The van der Waals surface area contributed by atoms with E-state index in [0.29, 0.717) is 26.1 Å². The van der Waals surface area contributed by atoms with E-state index in [1.54, 1.807) is 17.0 Å². The van der Waals surface area contributed by atoms with Gasteiger partial charge in [0.2, 0.25) is 15.9 Å². The summed E-state index contributed by atoms with van der Waals surface area (Å²) in [5, 5.41) is 0. The van der Waals surface area contributed by atoms with Gasteiger partial charge in [-0.2, -0.15) is 4.31 Å². The molecule has 1 fully saturated rings. The minimum Gasteiger partial charge on any atom is -0.326 e. The molecule has 2 aliphatic rings. The molecule has 2 aliphatic heterocycles. The molecule has 3 rings (SSSR count). The van der Waals surface area contributed by atoms with Crippen molar-refractivity contribution in [3.05, 3.63) is 23.8 Å². The van der Waals surface area contributed by atoms with Crippen LogP contribution in [-0.4, -0.2) is 44.3 Å². The Hall–Kier alpha value is -1.15. The zero-order chi connectivity index (χ0) is 15.9. The zero-order valence-electron chi connectivity index (χ0n) is 13.1. The number of aryl methyl sites for hydroxylation is 1. The van der Waals surface area contributed by atoms with Gasteiger partial charge in [-0.15, -0.1) is 12.4 Å². The van der Waals surface area contributed by atoms with Gasteiger partial charge in [-0.3, -0.25) is 4.79 Å². The maximum absolute atomic E-state index is 12.7. The van der Waals surface area contributed by atoms with E-state index in [2.05, 4.69) is 0 Å². The molecule has 128 valence electrons. The third-order valence-corrected chi connectivity index (χ3v) is 6.24. The minimum atomic E-state index is -3.54. The number of sulfonamides is 1. The SMILES string of the molecule is CC(=O)N1CCCc2ccc(S(=O)(=O)N3CC[C@@H](N)C3)cc21.Cl. The molecule has 2 N–H and O–H groups in total. The number of halogens is 1. The van der Waals surface area contributed by atoms with E-state index in [1.165, 1.54) is 11.2 Å². The first-order valence-electron chi connectivity index (χ1n) is 7.56. The van der Waals surface area contributed by atoms with E-state index >= 15 is 0 Å². The number of hydrogen-bond acceptors (Lipinski definition) is 4. The number of rotatable bonds is 2. The molecule has 1 amide bonds. The zero-order valence-corrected chi connectivity index (χ0v) is 14.7. The van der Waals surface area contributed by atoms with E-state index in [0.717, 1.165) is 24.1 Å². The van der Waals surface area contributed by atoms with E-state index < -0.39 is 10.0 Å². The van der Waals surface area contributed by atoms with Crippen molar-refractivity contribution < 1.29 is 13.2 Å². The number of anilines is 1. The Kier molecular flexibility index (Phi) is 5.35. The average Bonchev–Trinajstić information content (AvgIpc) is 2.93. The van der Waals surface area contributed by atoms with Crippen LogP contribution in [0.4, 0.5) is 5.69 Å². The number of nitrogens with zero attached hydrogens (tertiary/aromatic N) is 2. The number of fused-ring (bicyclic) bond motifs is 1. The van der Waals surface area contributed by atoms with Crippen LogP contribution in [0.2, 0.25) is 0 Å². The number of nitrogens with two attached hydrogens (primary N) is 1. The predicted octanol–water partition coefficient (Wildman–Crippen LogP) is 1.13. The molecule has 1 saturated heterocycles. The lowest BCUT2D eigenvalue weighted by molar-refractivity contribution is -0.116. The van der Waals surface area contributed by atoms with E-state index in [4.69, 9.17) is 5.73 Å². The summed E-state index contributed by atoms with van der Waals surface area (Å²) < 4.78 is 26.8. The highest BCUT2D eigenvalue weighted by atomic mass is 35.5. The summed E-state index contributed by atoms with van der Waals surface area (Å²) in [5.41, 5.74) is 7.57. The maximum atomic E-state index is 12.7. The Morgan fingerprint density at radius 2 is 2.04 bits per heavy atom. The second-order valence-corrected chi connectivity index (χ2v) is 7.91. The molecular weight excluding hydrogens is 338 g/mol. The maximum Gasteiger partial charge on any atom is 0.243 e. The summed E-state index contributed by atoms with van der Waals surface area (Å²) in [7, 11) is -3.54. The second kappa shape index (κ2) is 6.76. The van der Waals surface area contributed by atoms with Crippen molar-refractivity contribution in [3.8, 4) is 0 Å². The number of carbonyl (C=O) groups excluding carboxylic acids is 1. The van der Waals surface area contributed by atoms with E-state index in [-0.39, 0.29) is 29.3 Å². The molecule has 0 bridgehead atoms. The molecule has 0 aromatic heterocycles. The van der Waals surface area contributed by atoms with E-state index in [9.17, 15) is 13.2 Å². The van der Waals surface area contributed by atoms with Crippen LogP contribution in [0.15, 0.2) is 23.1 Å². The lowest BCUT2D eigenvalue weighted by Gasteiger charge is -2.29. The van der Waals surface area contributed by atoms with Crippen LogP contribution in [0.5, 0.6) is 0 Å². The lowest BCUT2D eigenvalue weighted by atomic mass is 10.0. The summed E-state index contributed by atoms with van der Waals surface area (Å²) in [6.45, 7) is 2.96. The Labute approximate surface area is 143 Å². The molecule has 1 atom stereocenters. The van der Waals surface area contributed by atoms with Crippen LogP contribution in [-0.2, 0) is 21.2 Å². The molecule has 0 unspecified atom stereocenters. The summed E-state index contributed by atoms with van der Waals surface area (Å²) >= 11 is 0. The smallest absolute Gasteiger partial charge is 0.243 e. The highest BCUT2D eigenvalue weighted by molar-refractivity contribution is 7.89. The van der Waals surface area contributed by atoms with Gasteiger partial charge in [-0.05, 0) is 37.0 Å². The molecule has 0 saturated carbocycles.